The van der Waals surface area contributed by atoms with Gasteiger partial charge in [-0.15, -0.1) is 0 Å². The summed E-state index contributed by atoms with van der Waals surface area (Å²) >= 11 is 0. The van der Waals surface area contributed by atoms with Crippen LogP contribution < -0.4 is 0 Å². The van der Waals surface area contributed by atoms with E-state index in [1.54, 1.807) is 0 Å². The van der Waals surface area contributed by atoms with Crippen molar-refractivity contribution in [2.45, 2.75) is 19.3 Å². The number of nitrogens with zero attached hydrogens (tertiary/aromatic N) is 1. The molecule has 0 heterocycles. The molecule has 0 aliphatic carbocycles. The second-order valence-corrected chi connectivity index (χ2v) is 6.42. The molecule has 3 heteroatoms. The second kappa shape index (κ2) is 8.08. The molecule has 3 nitrogen and oxygen atoms in total. The van der Waals surface area contributed by atoms with E-state index in [4.69, 9.17) is 4.74 Å². The Bertz CT molecular complexity index is 540. The highest BCUT2D eigenvalue weighted by Gasteiger charge is 2.21. The summed E-state index contributed by atoms with van der Waals surface area (Å²) in [5.41, 5.74) is 2.41. The fourth-order valence-electron chi connectivity index (χ4n) is 2.65. The van der Waals surface area contributed by atoms with Crippen molar-refractivity contribution in [1.82, 2.24) is 0 Å². The molecule has 2 aromatic carbocycles. The first kappa shape index (κ1) is 16.7. The van der Waals surface area contributed by atoms with Crippen LogP contribution >= 0.6 is 0 Å². The Balaban J connectivity index is 1.74. The zero-order valence-electron chi connectivity index (χ0n) is 13.5. The number of aliphatic hydroxyl groups is 1. The summed E-state index contributed by atoms with van der Waals surface area (Å²) in [6.07, 6.45) is -0.456. The molecular weight excluding hydrogens is 274 g/mol. The maximum Gasteiger partial charge on any atom is 0.126 e. The zero-order valence-corrected chi connectivity index (χ0v) is 13.5. The van der Waals surface area contributed by atoms with Gasteiger partial charge in [0.15, 0.2) is 0 Å². The minimum Gasteiger partial charge on any atom is -0.385 e. The lowest BCUT2D eigenvalue weighted by Gasteiger charge is -2.32. The van der Waals surface area contributed by atoms with Gasteiger partial charge in [0.25, 0.3) is 0 Å². The van der Waals surface area contributed by atoms with E-state index in [1.807, 2.05) is 36.4 Å². The summed E-state index contributed by atoms with van der Waals surface area (Å²) in [4.78, 5) is 0. The van der Waals surface area contributed by atoms with Crippen LogP contribution in [0.1, 0.15) is 11.1 Å². The number of quaternary nitrogens is 1. The normalized spacial score (nSPS) is 13.0. The third-order valence-corrected chi connectivity index (χ3v) is 3.58. The Morgan fingerprint density at radius 1 is 0.909 bits per heavy atom. The molecule has 1 atom stereocenters. The van der Waals surface area contributed by atoms with E-state index in [2.05, 4.69) is 38.4 Å². The molecule has 0 fully saturated rings. The van der Waals surface area contributed by atoms with E-state index in [0.717, 1.165) is 16.6 Å². The third-order valence-electron chi connectivity index (χ3n) is 3.58. The number of hydrogen-bond acceptors (Lipinski definition) is 2. The second-order valence-electron chi connectivity index (χ2n) is 6.42. The average molecular weight is 300 g/mol. The van der Waals surface area contributed by atoms with Crippen LogP contribution in [0.25, 0.3) is 0 Å². The fraction of sp³-hybridized carbons (Fsp3) is 0.368. The van der Waals surface area contributed by atoms with Gasteiger partial charge in [-0.25, -0.2) is 0 Å². The van der Waals surface area contributed by atoms with Crippen molar-refractivity contribution in [2.24, 2.45) is 0 Å². The minimum atomic E-state index is -0.456. The molecule has 1 unspecified atom stereocenters. The van der Waals surface area contributed by atoms with Crippen LogP contribution in [-0.2, 0) is 17.9 Å². The Kier molecular flexibility index (Phi) is 6.13. The molecule has 0 saturated carbocycles. The van der Waals surface area contributed by atoms with Crippen LogP contribution in [0.3, 0.4) is 0 Å². The minimum absolute atomic E-state index is 0.366. The number of benzene rings is 2. The highest BCUT2D eigenvalue weighted by molar-refractivity contribution is 5.14. The smallest absolute Gasteiger partial charge is 0.126 e. The molecule has 0 aliphatic heterocycles. The lowest BCUT2D eigenvalue weighted by molar-refractivity contribution is -0.906. The van der Waals surface area contributed by atoms with E-state index in [-0.39, 0.29) is 0 Å². The van der Waals surface area contributed by atoms with Crippen molar-refractivity contribution < 1.29 is 14.3 Å². The van der Waals surface area contributed by atoms with Crippen LogP contribution in [-0.4, -0.2) is 42.9 Å². The van der Waals surface area contributed by atoms with Crippen molar-refractivity contribution in [3.05, 3.63) is 71.8 Å². The van der Waals surface area contributed by atoms with Crippen molar-refractivity contribution in [3.8, 4) is 0 Å². The van der Waals surface area contributed by atoms with Gasteiger partial charge in [0.2, 0.25) is 0 Å². The first-order chi connectivity index (χ1) is 10.6. The summed E-state index contributed by atoms with van der Waals surface area (Å²) < 4.78 is 6.35. The highest BCUT2D eigenvalue weighted by Crippen LogP contribution is 2.10. The van der Waals surface area contributed by atoms with E-state index in [0.29, 0.717) is 19.8 Å². The number of rotatable bonds is 8. The lowest BCUT2D eigenvalue weighted by Crippen LogP contribution is -2.45. The Morgan fingerprint density at radius 2 is 1.45 bits per heavy atom. The van der Waals surface area contributed by atoms with Crippen LogP contribution in [0.2, 0.25) is 0 Å². The van der Waals surface area contributed by atoms with Gasteiger partial charge >= 0.3 is 0 Å². The Morgan fingerprint density at radius 3 is 2.05 bits per heavy atom. The van der Waals surface area contributed by atoms with E-state index >= 15 is 0 Å². The van der Waals surface area contributed by atoms with Gasteiger partial charge in [0.1, 0.15) is 19.2 Å². The van der Waals surface area contributed by atoms with Crippen LogP contribution in [0.15, 0.2) is 60.7 Å². The van der Waals surface area contributed by atoms with Crippen molar-refractivity contribution in [1.29, 1.82) is 0 Å². The highest BCUT2D eigenvalue weighted by atomic mass is 16.5. The maximum atomic E-state index is 10.2. The number of ether oxygens (including phenoxy) is 1. The standard InChI is InChI=1S/C19H26NO2/c1-20(2,13-17-9-5-3-6-10-17)14-19(21)16-22-15-18-11-7-4-8-12-18/h3-12,19,21H,13-16H2,1-2H3/q+1. The molecule has 2 rings (SSSR count). The van der Waals surface area contributed by atoms with Gasteiger partial charge in [-0.1, -0.05) is 60.7 Å². The SMILES string of the molecule is C[N+](C)(Cc1ccccc1)CC(O)COCc1ccccc1. The number of hydrogen-bond donors (Lipinski definition) is 1. The molecule has 0 aromatic heterocycles. The topological polar surface area (TPSA) is 29.5 Å². The number of likely N-dealkylation sites (N-methyl/N-ethyl adjacent to an activating group) is 1. The molecule has 0 saturated heterocycles. The predicted molar refractivity (Wildman–Crippen MR) is 89.2 cm³/mol. The summed E-state index contributed by atoms with van der Waals surface area (Å²) in [5.74, 6) is 0. The first-order valence-electron chi connectivity index (χ1n) is 7.71. The quantitative estimate of drug-likeness (QED) is 0.760. The average Bonchev–Trinajstić information content (AvgIpc) is 2.48. The van der Waals surface area contributed by atoms with Crippen molar-refractivity contribution >= 4 is 0 Å². The molecule has 0 aliphatic rings. The summed E-state index contributed by atoms with van der Waals surface area (Å²) in [5, 5.41) is 10.2. The third kappa shape index (κ3) is 5.98. The summed E-state index contributed by atoms with van der Waals surface area (Å²) in [6, 6.07) is 20.4. The largest absolute Gasteiger partial charge is 0.385 e. The van der Waals surface area contributed by atoms with Crippen molar-refractivity contribution in [3.63, 3.8) is 0 Å². The molecular formula is C19H26NO2+. The van der Waals surface area contributed by atoms with Gasteiger partial charge < -0.3 is 14.3 Å². The Hall–Kier alpha value is -1.68. The summed E-state index contributed by atoms with van der Waals surface area (Å²) in [7, 11) is 4.26. The fourth-order valence-corrected chi connectivity index (χ4v) is 2.65. The van der Waals surface area contributed by atoms with Gasteiger partial charge in [0, 0.05) is 5.56 Å². The molecule has 0 bridgehead atoms. The van der Waals surface area contributed by atoms with E-state index in [1.165, 1.54) is 5.56 Å². The molecule has 0 spiro atoms. The number of aliphatic hydroxyl groups excluding tert-OH is 1. The summed E-state index contributed by atoms with van der Waals surface area (Å²) in [6.45, 7) is 2.48. The zero-order chi connectivity index (χ0) is 15.8. The van der Waals surface area contributed by atoms with Gasteiger partial charge in [-0.05, 0) is 5.56 Å². The molecule has 22 heavy (non-hydrogen) atoms. The first-order valence-corrected chi connectivity index (χ1v) is 7.71. The lowest BCUT2D eigenvalue weighted by atomic mass is 10.2. The molecule has 2 aromatic rings. The van der Waals surface area contributed by atoms with Gasteiger partial charge in [-0.3, -0.25) is 0 Å². The van der Waals surface area contributed by atoms with Gasteiger partial charge in [-0.2, -0.15) is 0 Å². The van der Waals surface area contributed by atoms with Crippen LogP contribution in [0, 0.1) is 0 Å². The maximum absolute atomic E-state index is 10.2. The Labute approximate surface area is 133 Å². The van der Waals surface area contributed by atoms with Crippen molar-refractivity contribution in [2.75, 3.05) is 27.2 Å². The molecule has 0 radical (unpaired) electrons. The van der Waals surface area contributed by atoms with E-state index < -0.39 is 6.10 Å². The van der Waals surface area contributed by atoms with Crippen LogP contribution in [0.5, 0.6) is 0 Å². The molecule has 0 amide bonds. The molecule has 1 N–H and O–H groups in total. The van der Waals surface area contributed by atoms with Crippen LogP contribution in [0.4, 0.5) is 0 Å². The monoisotopic (exact) mass is 300 g/mol. The predicted octanol–water partition coefficient (Wildman–Crippen LogP) is 2.84. The molecule has 118 valence electrons. The van der Waals surface area contributed by atoms with E-state index in [9.17, 15) is 5.11 Å². The van der Waals surface area contributed by atoms with Gasteiger partial charge in [0.05, 0.1) is 27.3 Å².